The Kier molecular flexibility index (Phi) is 4.10. The lowest BCUT2D eigenvalue weighted by atomic mass is 10.2. The Bertz CT molecular complexity index is 493. The van der Waals surface area contributed by atoms with Crippen LogP contribution in [0.5, 0.6) is 0 Å². The second kappa shape index (κ2) is 5.58. The maximum Gasteiger partial charge on any atom is 0.129 e. The normalized spacial score (nSPS) is 10.8. The van der Waals surface area contributed by atoms with Gasteiger partial charge in [-0.05, 0) is 19.1 Å². The van der Waals surface area contributed by atoms with Crippen LogP contribution in [0.2, 0.25) is 5.02 Å². The van der Waals surface area contributed by atoms with Crippen molar-refractivity contribution in [3.63, 3.8) is 0 Å². The summed E-state index contributed by atoms with van der Waals surface area (Å²) < 4.78 is 13.4. The molecule has 5 heteroatoms. The van der Waals surface area contributed by atoms with Crippen molar-refractivity contribution in [2.24, 2.45) is 0 Å². The minimum atomic E-state index is -0.277. The summed E-state index contributed by atoms with van der Waals surface area (Å²) in [5, 5.41) is 4.58. The lowest BCUT2D eigenvalue weighted by Gasteiger charge is -2.06. The molecule has 0 radical (unpaired) electrons. The summed E-state index contributed by atoms with van der Waals surface area (Å²) >= 11 is 7.55. The Hall–Kier alpha value is -0.970. The molecule has 0 unspecified atom stereocenters. The number of halogens is 2. The van der Waals surface area contributed by atoms with Crippen LogP contribution in [-0.2, 0) is 13.1 Å². The summed E-state index contributed by atoms with van der Waals surface area (Å²) in [7, 11) is 0. The molecular weight excluding hydrogens is 259 g/mol. The molecule has 2 aromatic rings. The van der Waals surface area contributed by atoms with E-state index < -0.39 is 0 Å². The maximum atomic E-state index is 13.4. The summed E-state index contributed by atoms with van der Waals surface area (Å²) in [6.45, 7) is 3.04. The molecule has 0 bridgehead atoms. The topological polar surface area (TPSA) is 24.9 Å². The smallest absolute Gasteiger partial charge is 0.129 e. The zero-order valence-electron chi connectivity index (χ0n) is 9.34. The zero-order chi connectivity index (χ0) is 12.3. The van der Waals surface area contributed by atoms with E-state index in [9.17, 15) is 4.39 Å². The number of aryl methyl sites for hydroxylation is 1. The van der Waals surface area contributed by atoms with Crippen LogP contribution in [0, 0.1) is 12.7 Å². The van der Waals surface area contributed by atoms with Crippen LogP contribution in [0.1, 0.15) is 15.4 Å². The molecule has 0 atom stereocenters. The Morgan fingerprint density at radius 1 is 1.41 bits per heavy atom. The van der Waals surface area contributed by atoms with Gasteiger partial charge >= 0.3 is 0 Å². The predicted molar refractivity (Wildman–Crippen MR) is 68.8 cm³/mol. The lowest BCUT2D eigenvalue weighted by Crippen LogP contribution is -2.13. The minimum absolute atomic E-state index is 0.277. The second-order valence-corrected chi connectivity index (χ2v) is 5.39. The zero-order valence-corrected chi connectivity index (χ0v) is 10.9. The van der Waals surface area contributed by atoms with Crippen LogP contribution in [0.25, 0.3) is 0 Å². The fraction of sp³-hybridized carbons (Fsp3) is 0.250. The summed E-state index contributed by atoms with van der Waals surface area (Å²) in [6, 6.07) is 4.71. The van der Waals surface area contributed by atoms with Crippen molar-refractivity contribution in [3.05, 3.63) is 50.7 Å². The van der Waals surface area contributed by atoms with E-state index in [-0.39, 0.29) is 5.82 Å². The van der Waals surface area contributed by atoms with Crippen LogP contribution in [0.4, 0.5) is 4.39 Å². The van der Waals surface area contributed by atoms with Gasteiger partial charge in [0.2, 0.25) is 0 Å². The van der Waals surface area contributed by atoms with Crippen molar-refractivity contribution in [1.82, 2.24) is 10.3 Å². The summed E-state index contributed by atoms with van der Waals surface area (Å²) in [4.78, 5) is 5.39. The van der Waals surface area contributed by atoms with Crippen LogP contribution in [0.15, 0.2) is 24.4 Å². The van der Waals surface area contributed by atoms with Gasteiger partial charge in [-0.15, -0.1) is 11.3 Å². The van der Waals surface area contributed by atoms with Gasteiger partial charge in [0.1, 0.15) is 10.8 Å². The van der Waals surface area contributed by atoms with Crippen LogP contribution in [0.3, 0.4) is 0 Å². The van der Waals surface area contributed by atoms with E-state index in [1.54, 1.807) is 23.5 Å². The first-order valence-corrected chi connectivity index (χ1v) is 6.41. The van der Waals surface area contributed by atoms with Crippen molar-refractivity contribution in [1.29, 1.82) is 0 Å². The van der Waals surface area contributed by atoms with Crippen LogP contribution >= 0.6 is 22.9 Å². The predicted octanol–water partition coefficient (Wildman–Crippen LogP) is 3.53. The number of nitrogens with one attached hydrogen (secondary N) is 1. The quantitative estimate of drug-likeness (QED) is 0.919. The highest BCUT2D eigenvalue weighted by atomic mass is 35.5. The third-order valence-corrected chi connectivity index (χ3v) is 3.58. The first kappa shape index (κ1) is 12.5. The number of benzene rings is 1. The molecule has 0 amide bonds. The number of rotatable bonds is 4. The van der Waals surface area contributed by atoms with Crippen LogP contribution in [-0.4, -0.2) is 4.98 Å². The van der Waals surface area contributed by atoms with E-state index in [4.69, 9.17) is 11.6 Å². The fourth-order valence-electron chi connectivity index (χ4n) is 1.48. The van der Waals surface area contributed by atoms with E-state index in [0.717, 1.165) is 5.01 Å². The average Bonchev–Trinajstić information content (AvgIpc) is 2.69. The minimum Gasteiger partial charge on any atom is -0.306 e. The molecule has 0 aliphatic carbocycles. The molecule has 0 fully saturated rings. The molecule has 0 saturated carbocycles. The van der Waals surface area contributed by atoms with Crippen molar-refractivity contribution < 1.29 is 4.39 Å². The molecule has 0 aliphatic rings. The van der Waals surface area contributed by atoms with Gasteiger partial charge in [0.05, 0.1) is 0 Å². The number of hydrogen-bond donors (Lipinski definition) is 1. The number of hydrogen-bond acceptors (Lipinski definition) is 3. The van der Waals surface area contributed by atoms with Gasteiger partial charge in [-0.25, -0.2) is 9.37 Å². The van der Waals surface area contributed by atoms with Gasteiger partial charge in [0.25, 0.3) is 0 Å². The number of nitrogens with zero attached hydrogens (tertiary/aromatic N) is 1. The Labute approximate surface area is 108 Å². The van der Waals surface area contributed by atoms with E-state index in [1.165, 1.54) is 10.9 Å². The van der Waals surface area contributed by atoms with Crippen molar-refractivity contribution in [3.8, 4) is 0 Å². The Morgan fingerprint density at radius 2 is 2.24 bits per heavy atom. The Balaban J connectivity index is 1.94. The number of thiazole rings is 1. The van der Waals surface area contributed by atoms with Gasteiger partial charge in [-0.3, -0.25) is 0 Å². The standard InChI is InChI=1S/C12H12ClFN2S/c1-8-5-16-12(17-8)7-15-6-9-10(13)3-2-4-11(9)14/h2-5,15H,6-7H2,1H3. The van der Waals surface area contributed by atoms with Gasteiger partial charge in [0, 0.05) is 34.7 Å². The van der Waals surface area contributed by atoms with Gasteiger partial charge < -0.3 is 5.32 Å². The number of aromatic nitrogens is 1. The molecule has 1 N–H and O–H groups in total. The molecule has 1 heterocycles. The second-order valence-electron chi connectivity index (χ2n) is 3.67. The molecule has 17 heavy (non-hydrogen) atoms. The van der Waals surface area contributed by atoms with E-state index >= 15 is 0 Å². The van der Waals surface area contributed by atoms with E-state index in [0.29, 0.717) is 23.7 Å². The molecular formula is C12H12ClFN2S. The first-order valence-electron chi connectivity index (χ1n) is 5.21. The maximum absolute atomic E-state index is 13.4. The molecule has 1 aromatic heterocycles. The van der Waals surface area contributed by atoms with Crippen molar-refractivity contribution in [2.75, 3.05) is 0 Å². The highest BCUT2D eigenvalue weighted by molar-refractivity contribution is 7.11. The molecule has 90 valence electrons. The summed E-state index contributed by atoms with van der Waals surface area (Å²) in [6.07, 6.45) is 1.83. The third kappa shape index (κ3) is 3.25. The molecule has 2 rings (SSSR count). The van der Waals surface area contributed by atoms with Gasteiger partial charge in [0.15, 0.2) is 0 Å². The summed E-state index contributed by atoms with van der Waals surface area (Å²) in [5.41, 5.74) is 0.502. The third-order valence-electron chi connectivity index (χ3n) is 2.31. The largest absolute Gasteiger partial charge is 0.306 e. The van der Waals surface area contributed by atoms with E-state index in [1.807, 2.05) is 13.1 Å². The Morgan fingerprint density at radius 3 is 2.88 bits per heavy atom. The molecule has 0 spiro atoms. The summed E-state index contributed by atoms with van der Waals surface area (Å²) in [5.74, 6) is -0.277. The average molecular weight is 271 g/mol. The van der Waals surface area contributed by atoms with E-state index in [2.05, 4.69) is 10.3 Å². The highest BCUT2D eigenvalue weighted by Gasteiger charge is 2.06. The molecule has 0 aliphatic heterocycles. The monoisotopic (exact) mass is 270 g/mol. The fourth-order valence-corrected chi connectivity index (χ4v) is 2.47. The molecule has 0 saturated heterocycles. The molecule has 2 nitrogen and oxygen atoms in total. The highest BCUT2D eigenvalue weighted by Crippen LogP contribution is 2.19. The van der Waals surface area contributed by atoms with Crippen molar-refractivity contribution >= 4 is 22.9 Å². The van der Waals surface area contributed by atoms with Crippen LogP contribution < -0.4 is 5.32 Å². The first-order chi connectivity index (χ1) is 8.16. The van der Waals surface area contributed by atoms with Crippen molar-refractivity contribution in [2.45, 2.75) is 20.0 Å². The molecule has 1 aromatic carbocycles. The van der Waals surface area contributed by atoms with Gasteiger partial charge in [-0.2, -0.15) is 0 Å². The SMILES string of the molecule is Cc1cnc(CNCc2c(F)cccc2Cl)s1. The van der Waals surface area contributed by atoms with Gasteiger partial charge in [-0.1, -0.05) is 17.7 Å². The lowest BCUT2D eigenvalue weighted by molar-refractivity contribution is 0.587.